The Balaban J connectivity index is 1.92. The highest BCUT2D eigenvalue weighted by molar-refractivity contribution is 9.11. The molecular formula is C13H10BrFN2S. The molecule has 0 bridgehead atoms. The van der Waals surface area contributed by atoms with Gasteiger partial charge in [0.1, 0.15) is 5.82 Å². The number of halogens is 2. The quantitative estimate of drug-likeness (QED) is 0.928. The van der Waals surface area contributed by atoms with Gasteiger partial charge in [0, 0.05) is 23.5 Å². The van der Waals surface area contributed by atoms with E-state index in [-0.39, 0.29) is 5.82 Å². The van der Waals surface area contributed by atoms with Crippen molar-refractivity contribution in [3.05, 3.63) is 55.9 Å². The molecule has 1 heterocycles. The molecule has 92 valence electrons. The molecule has 0 saturated carbocycles. The van der Waals surface area contributed by atoms with E-state index in [9.17, 15) is 4.39 Å². The highest BCUT2D eigenvalue weighted by Crippen LogP contribution is 2.21. The van der Waals surface area contributed by atoms with E-state index in [0.717, 1.165) is 3.79 Å². The molecule has 0 atom stereocenters. The highest BCUT2D eigenvalue weighted by Gasteiger charge is 2.03. The lowest BCUT2D eigenvalue weighted by atomic mass is 10.1. The lowest BCUT2D eigenvalue weighted by molar-refractivity contribution is 0.588. The summed E-state index contributed by atoms with van der Waals surface area (Å²) in [6.45, 7) is 1.16. The van der Waals surface area contributed by atoms with Gasteiger partial charge in [0.05, 0.1) is 15.4 Å². The molecular weight excluding hydrogens is 315 g/mol. The van der Waals surface area contributed by atoms with E-state index >= 15 is 0 Å². The summed E-state index contributed by atoms with van der Waals surface area (Å²) >= 11 is 5.05. The van der Waals surface area contributed by atoms with Gasteiger partial charge in [-0.2, -0.15) is 5.26 Å². The Hall–Kier alpha value is -1.22. The Morgan fingerprint density at radius 1 is 1.28 bits per heavy atom. The van der Waals surface area contributed by atoms with Crippen LogP contribution in [0.5, 0.6) is 0 Å². The van der Waals surface area contributed by atoms with Gasteiger partial charge >= 0.3 is 0 Å². The van der Waals surface area contributed by atoms with Crippen molar-refractivity contribution in [1.82, 2.24) is 5.32 Å². The Kier molecular flexibility index (Phi) is 4.48. The van der Waals surface area contributed by atoms with Gasteiger partial charge in [-0.05, 0) is 40.2 Å². The SMILES string of the molecule is N#Cc1ccc(CNCc2ccc(Br)s2)c(F)c1. The molecule has 18 heavy (non-hydrogen) atoms. The summed E-state index contributed by atoms with van der Waals surface area (Å²) in [5, 5.41) is 11.8. The zero-order valence-electron chi connectivity index (χ0n) is 9.41. The van der Waals surface area contributed by atoms with Crippen LogP contribution in [0.1, 0.15) is 16.0 Å². The fourth-order valence-corrected chi connectivity index (χ4v) is 2.98. The van der Waals surface area contributed by atoms with Crippen LogP contribution in [0.15, 0.2) is 34.1 Å². The summed E-state index contributed by atoms with van der Waals surface area (Å²) in [6.07, 6.45) is 0. The van der Waals surface area contributed by atoms with E-state index in [2.05, 4.69) is 21.2 Å². The number of hydrogen-bond acceptors (Lipinski definition) is 3. The fraction of sp³-hybridized carbons (Fsp3) is 0.154. The van der Waals surface area contributed by atoms with Crippen molar-refractivity contribution >= 4 is 27.3 Å². The summed E-state index contributed by atoms with van der Waals surface area (Å²) < 4.78 is 14.7. The zero-order chi connectivity index (χ0) is 13.0. The van der Waals surface area contributed by atoms with Crippen LogP contribution in [-0.4, -0.2) is 0 Å². The van der Waals surface area contributed by atoms with Crippen molar-refractivity contribution in [2.75, 3.05) is 0 Å². The molecule has 2 nitrogen and oxygen atoms in total. The van der Waals surface area contributed by atoms with Crippen LogP contribution in [0.2, 0.25) is 0 Å². The Morgan fingerprint density at radius 2 is 2.11 bits per heavy atom. The van der Waals surface area contributed by atoms with Gasteiger partial charge in [0.25, 0.3) is 0 Å². The first-order chi connectivity index (χ1) is 8.69. The third-order valence-corrected chi connectivity index (χ3v) is 4.05. The van der Waals surface area contributed by atoms with Crippen LogP contribution in [-0.2, 0) is 13.1 Å². The molecule has 2 aromatic rings. The average molecular weight is 325 g/mol. The van der Waals surface area contributed by atoms with E-state index in [4.69, 9.17) is 5.26 Å². The molecule has 0 spiro atoms. The lowest BCUT2D eigenvalue weighted by Crippen LogP contribution is -2.12. The van der Waals surface area contributed by atoms with E-state index < -0.39 is 0 Å². The average Bonchev–Trinajstić information content (AvgIpc) is 2.77. The number of nitriles is 1. The molecule has 1 aromatic heterocycles. The Bertz CT molecular complexity index is 589. The Morgan fingerprint density at radius 3 is 2.72 bits per heavy atom. The summed E-state index contributed by atoms with van der Waals surface area (Å²) in [6, 6.07) is 10.5. The van der Waals surface area contributed by atoms with Crippen LogP contribution < -0.4 is 5.32 Å². The van der Waals surface area contributed by atoms with Crippen molar-refractivity contribution in [3.63, 3.8) is 0 Å². The first-order valence-corrected chi connectivity index (χ1v) is 6.93. The van der Waals surface area contributed by atoms with Crippen LogP contribution in [0, 0.1) is 17.1 Å². The minimum absolute atomic E-state index is 0.339. The zero-order valence-corrected chi connectivity index (χ0v) is 11.8. The monoisotopic (exact) mass is 324 g/mol. The van der Waals surface area contributed by atoms with E-state index in [1.807, 2.05) is 18.2 Å². The van der Waals surface area contributed by atoms with E-state index in [1.54, 1.807) is 23.5 Å². The maximum absolute atomic E-state index is 13.6. The minimum atomic E-state index is -0.339. The number of hydrogen-bond donors (Lipinski definition) is 1. The van der Waals surface area contributed by atoms with Crippen molar-refractivity contribution in [2.24, 2.45) is 0 Å². The predicted octanol–water partition coefficient (Wildman–Crippen LogP) is 3.81. The van der Waals surface area contributed by atoms with Crippen LogP contribution in [0.3, 0.4) is 0 Å². The molecule has 0 fully saturated rings. The smallest absolute Gasteiger partial charge is 0.129 e. The van der Waals surface area contributed by atoms with Gasteiger partial charge in [-0.25, -0.2) is 4.39 Å². The summed E-state index contributed by atoms with van der Waals surface area (Å²) in [5.74, 6) is -0.339. The first-order valence-electron chi connectivity index (χ1n) is 5.32. The molecule has 1 N–H and O–H groups in total. The molecule has 2 rings (SSSR count). The van der Waals surface area contributed by atoms with Crippen molar-refractivity contribution in [3.8, 4) is 6.07 Å². The van der Waals surface area contributed by atoms with Crippen LogP contribution in [0.4, 0.5) is 4.39 Å². The molecule has 0 aliphatic carbocycles. The number of rotatable bonds is 4. The fourth-order valence-electron chi connectivity index (χ4n) is 1.53. The van der Waals surface area contributed by atoms with Crippen LogP contribution >= 0.6 is 27.3 Å². The van der Waals surface area contributed by atoms with E-state index in [1.165, 1.54) is 10.9 Å². The molecule has 5 heteroatoms. The largest absolute Gasteiger partial charge is 0.308 e. The van der Waals surface area contributed by atoms with Gasteiger partial charge in [0.2, 0.25) is 0 Å². The second kappa shape index (κ2) is 6.10. The third-order valence-electron chi connectivity index (χ3n) is 2.43. The highest BCUT2D eigenvalue weighted by atomic mass is 79.9. The van der Waals surface area contributed by atoms with Crippen molar-refractivity contribution in [1.29, 1.82) is 5.26 Å². The first kappa shape index (κ1) is 13.2. The molecule has 0 radical (unpaired) electrons. The minimum Gasteiger partial charge on any atom is -0.308 e. The van der Waals surface area contributed by atoms with Crippen molar-refractivity contribution in [2.45, 2.75) is 13.1 Å². The van der Waals surface area contributed by atoms with Gasteiger partial charge < -0.3 is 5.32 Å². The maximum atomic E-state index is 13.6. The van der Waals surface area contributed by atoms with Gasteiger partial charge in [0.15, 0.2) is 0 Å². The third kappa shape index (κ3) is 3.39. The maximum Gasteiger partial charge on any atom is 0.129 e. The molecule has 0 unspecified atom stereocenters. The van der Waals surface area contributed by atoms with Crippen LogP contribution in [0.25, 0.3) is 0 Å². The molecule has 0 aliphatic heterocycles. The summed E-state index contributed by atoms with van der Waals surface area (Å²) in [4.78, 5) is 1.19. The van der Waals surface area contributed by atoms with E-state index in [0.29, 0.717) is 24.2 Å². The molecule has 0 aliphatic rings. The standard InChI is InChI=1S/C13H10BrFN2S/c14-13-4-3-11(18-13)8-17-7-10-2-1-9(6-16)5-12(10)15/h1-5,17H,7-8H2. The summed E-state index contributed by atoms with van der Waals surface area (Å²) in [7, 11) is 0. The number of benzene rings is 1. The second-order valence-corrected chi connectivity index (χ2v) is 6.27. The topological polar surface area (TPSA) is 35.8 Å². The lowest BCUT2D eigenvalue weighted by Gasteiger charge is -2.05. The Labute approximate surface area is 117 Å². The summed E-state index contributed by atoms with van der Waals surface area (Å²) in [5.41, 5.74) is 0.919. The van der Waals surface area contributed by atoms with Gasteiger partial charge in [-0.1, -0.05) is 6.07 Å². The number of thiophene rings is 1. The number of nitrogens with one attached hydrogen (secondary N) is 1. The van der Waals surface area contributed by atoms with Gasteiger partial charge in [-0.15, -0.1) is 11.3 Å². The second-order valence-electron chi connectivity index (χ2n) is 3.73. The van der Waals surface area contributed by atoms with Gasteiger partial charge in [-0.3, -0.25) is 0 Å². The molecule has 1 aromatic carbocycles. The molecule has 0 saturated heterocycles. The predicted molar refractivity (Wildman–Crippen MR) is 73.7 cm³/mol. The number of nitrogens with zero attached hydrogens (tertiary/aromatic N) is 1. The van der Waals surface area contributed by atoms with Crippen molar-refractivity contribution < 1.29 is 4.39 Å². The normalized spacial score (nSPS) is 10.3. The molecule has 0 amide bonds.